The zero-order valence-corrected chi connectivity index (χ0v) is 22.6. The molecule has 196 valence electrons. The first-order valence-electron chi connectivity index (χ1n) is 12.1. The fourth-order valence-corrected chi connectivity index (χ4v) is 5.10. The number of sulfonamides is 1. The lowest BCUT2D eigenvalue weighted by Gasteiger charge is -2.32. The fourth-order valence-electron chi connectivity index (χ4n) is 3.85. The number of hydrogen-bond acceptors (Lipinski definition) is 4. The van der Waals surface area contributed by atoms with E-state index in [2.05, 4.69) is 5.32 Å². The summed E-state index contributed by atoms with van der Waals surface area (Å²) in [6.45, 7) is 2.16. The summed E-state index contributed by atoms with van der Waals surface area (Å²) in [4.78, 5) is 28.6. The predicted octanol–water partition coefficient (Wildman–Crippen LogP) is 4.13. The Balaban J connectivity index is 1.93. The molecule has 3 rings (SSSR count). The van der Waals surface area contributed by atoms with Crippen LogP contribution in [-0.2, 0) is 32.6 Å². The predicted molar refractivity (Wildman–Crippen MR) is 145 cm³/mol. The number of nitrogens with one attached hydrogen (secondary N) is 1. The van der Waals surface area contributed by atoms with E-state index in [0.717, 1.165) is 21.9 Å². The highest BCUT2D eigenvalue weighted by atomic mass is 35.5. The molecule has 0 unspecified atom stereocenters. The summed E-state index contributed by atoms with van der Waals surface area (Å²) in [5, 5.41) is 3.32. The molecule has 2 amide bonds. The van der Waals surface area contributed by atoms with E-state index >= 15 is 0 Å². The maximum absolute atomic E-state index is 13.7. The Labute approximate surface area is 224 Å². The zero-order chi connectivity index (χ0) is 26.8. The summed E-state index contributed by atoms with van der Waals surface area (Å²) in [5.41, 5.74) is 1.73. The SMILES string of the molecule is CCCNC(=O)[C@@H](Cc1ccccc1)N(Cc1ccccc1)C(=O)CN(C)S(=O)(=O)c1ccc(Cl)cc1. The van der Waals surface area contributed by atoms with Crippen LogP contribution >= 0.6 is 11.6 Å². The van der Waals surface area contributed by atoms with Gasteiger partial charge in [0.1, 0.15) is 6.04 Å². The summed E-state index contributed by atoms with van der Waals surface area (Å²) in [6.07, 6.45) is 1.04. The van der Waals surface area contributed by atoms with Crippen LogP contribution in [-0.4, -0.2) is 55.6 Å². The van der Waals surface area contributed by atoms with Gasteiger partial charge in [0.05, 0.1) is 11.4 Å². The lowest BCUT2D eigenvalue weighted by atomic mass is 10.0. The van der Waals surface area contributed by atoms with Crippen molar-refractivity contribution >= 4 is 33.4 Å². The Morgan fingerprint density at radius 1 is 0.892 bits per heavy atom. The van der Waals surface area contributed by atoms with Crippen LogP contribution in [0, 0.1) is 0 Å². The molecule has 0 radical (unpaired) electrons. The summed E-state index contributed by atoms with van der Waals surface area (Å²) in [5.74, 6) is -0.755. The number of likely N-dealkylation sites (N-methyl/N-ethyl adjacent to an activating group) is 1. The minimum Gasteiger partial charge on any atom is -0.354 e. The Morgan fingerprint density at radius 3 is 2.03 bits per heavy atom. The second kappa shape index (κ2) is 13.4. The maximum Gasteiger partial charge on any atom is 0.243 e. The number of nitrogens with zero attached hydrogens (tertiary/aromatic N) is 2. The molecule has 0 aliphatic heterocycles. The number of carbonyl (C=O) groups is 2. The minimum atomic E-state index is -3.95. The van der Waals surface area contributed by atoms with Gasteiger partial charge in [0.2, 0.25) is 21.8 Å². The number of halogens is 1. The highest BCUT2D eigenvalue weighted by molar-refractivity contribution is 7.89. The topological polar surface area (TPSA) is 86.8 Å². The Kier molecular flexibility index (Phi) is 10.3. The molecule has 0 aliphatic carbocycles. The molecule has 0 saturated carbocycles. The number of benzene rings is 3. The van der Waals surface area contributed by atoms with Crippen molar-refractivity contribution in [1.82, 2.24) is 14.5 Å². The molecule has 0 bridgehead atoms. The van der Waals surface area contributed by atoms with Crippen LogP contribution in [0.25, 0.3) is 0 Å². The average Bonchev–Trinajstić information content (AvgIpc) is 2.90. The largest absolute Gasteiger partial charge is 0.354 e. The first-order chi connectivity index (χ1) is 17.7. The molecule has 7 nitrogen and oxygen atoms in total. The van der Waals surface area contributed by atoms with Crippen molar-refractivity contribution in [3.05, 3.63) is 101 Å². The van der Waals surface area contributed by atoms with Gasteiger partial charge >= 0.3 is 0 Å². The standard InChI is InChI=1S/C28H32ClN3O4S/c1-3-18-30-28(34)26(19-22-10-6-4-7-11-22)32(20-23-12-8-5-9-13-23)27(33)21-31(2)37(35,36)25-16-14-24(29)15-17-25/h4-17,26H,3,18-21H2,1-2H3,(H,30,34)/t26-/m1/s1. The van der Waals surface area contributed by atoms with Crippen molar-refractivity contribution in [2.75, 3.05) is 20.1 Å². The molecule has 3 aromatic rings. The molecule has 0 spiro atoms. The molecule has 0 aliphatic rings. The highest BCUT2D eigenvalue weighted by Gasteiger charge is 2.32. The van der Waals surface area contributed by atoms with Gasteiger partial charge in [0.15, 0.2) is 0 Å². The van der Waals surface area contributed by atoms with Gasteiger partial charge in [-0.2, -0.15) is 4.31 Å². The third-order valence-corrected chi connectivity index (χ3v) is 7.97. The number of hydrogen-bond donors (Lipinski definition) is 1. The molecular formula is C28H32ClN3O4S. The molecule has 0 heterocycles. The molecule has 37 heavy (non-hydrogen) atoms. The van der Waals surface area contributed by atoms with Crippen LogP contribution in [0.1, 0.15) is 24.5 Å². The van der Waals surface area contributed by atoms with Gasteiger partial charge in [0.25, 0.3) is 0 Å². The lowest BCUT2D eigenvalue weighted by molar-refractivity contribution is -0.141. The maximum atomic E-state index is 13.7. The van der Waals surface area contributed by atoms with Crippen molar-refractivity contribution in [3.63, 3.8) is 0 Å². The lowest BCUT2D eigenvalue weighted by Crippen LogP contribution is -2.53. The summed E-state index contributed by atoms with van der Waals surface area (Å²) in [6, 6.07) is 23.7. The Hall–Kier alpha value is -3.20. The molecule has 0 aromatic heterocycles. The van der Waals surface area contributed by atoms with E-state index in [1.54, 1.807) is 0 Å². The van der Waals surface area contributed by atoms with Gasteiger partial charge < -0.3 is 10.2 Å². The van der Waals surface area contributed by atoms with E-state index in [1.807, 2.05) is 67.6 Å². The van der Waals surface area contributed by atoms with Gasteiger partial charge in [-0.15, -0.1) is 0 Å². The second-order valence-electron chi connectivity index (χ2n) is 8.72. The molecule has 0 saturated heterocycles. The first-order valence-corrected chi connectivity index (χ1v) is 13.9. The summed E-state index contributed by atoms with van der Waals surface area (Å²) < 4.78 is 27.3. The second-order valence-corrected chi connectivity index (χ2v) is 11.2. The average molecular weight is 542 g/mol. The monoisotopic (exact) mass is 541 g/mol. The third kappa shape index (κ3) is 7.89. The number of amides is 2. The van der Waals surface area contributed by atoms with Crippen LogP contribution in [0.2, 0.25) is 5.02 Å². The van der Waals surface area contributed by atoms with Crippen LogP contribution in [0.15, 0.2) is 89.8 Å². The van der Waals surface area contributed by atoms with E-state index in [4.69, 9.17) is 11.6 Å². The molecule has 1 atom stereocenters. The van der Waals surface area contributed by atoms with E-state index in [-0.39, 0.29) is 17.3 Å². The normalized spacial score (nSPS) is 12.2. The van der Waals surface area contributed by atoms with Crippen LogP contribution in [0.3, 0.4) is 0 Å². The first kappa shape index (κ1) is 28.4. The molecule has 0 fully saturated rings. The fraction of sp³-hybridized carbons (Fsp3) is 0.286. The van der Waals surface area contributed by atoms with E-state index < -0.39 is 28.5 Å². The van der Waals surface area contributed by atoms with Crippen molar-refractivity contribution in [2.45, 2.75) is 37.2 Å². The van der Waals surface area contributed by atoms with E-state index in [9.17, 15) is 18.0 Å². The van der Waals surface area contributed by atoms with Crippen LogP contribution in [0.5, 0.6) is 0 Å². The van der Waals surface area contributed by atoms with E-state index in [1.165, 1.54) is 36.2 Å². The molecular weight excluding hydrogens is 510 g/mol. The molecule has 3 aromatic carbocycles. The van der Waals surface area contributed by atoms with Crippen molar-refractivity contribution in [1.29, 1.82) is 0 Å². The zero-order valence-electron chi connectivity index (χ0n) is 21.0. The van der Waals surface area contributed by atoms with Gasteiger partial charge in [-0.1, -0.05) is 79.2 Å². The van der Waals surface area contributed by atoms with Crippen molar-refractivity contribution < 1.29 is 18.0 Å². The Morgan fingerprint density at radius 2 is 1.46 bits per heavy atom. The smallest absolute Gasteiger partial charge is 0.243 e. The van der Waals surface area contributed by atoms with Crippen molar-refractivity contribution in [3.8, 4) is 0 Å². The van der Waals surface area contributed by atoms with Gasteiger partial charge in [-0.3, -0.25) is 9.59 Å². The number of carbonyl (C=O) groups excluding carboxylic acids is 2. The summed E-state index contributed by atoms with van der Waals surface area (Å²) in [7, 11) is -2.60. The van der Waals surface area contributed by atoms with Crippen LogP contribution in [0.4, 0.5) is 0 Å². The van der Waals surface area contributed by atoms with Crippen molar-refractivity contribution in [2.24, 2.45) is 0 Å². The van der Waals surface area contributed by atoms with E-state index in [0.29, 0.717) is 18.0 Å². The number of rotatable bonds is 12. The van der Waals surface area contributed by atoms with Crippen LogP contribution < -0.4 is 5.32 Å². The van der Waals surface area contributed by atoms with Gasteiger partial charge in [0, 0.05) is 31.6 Å². The highest BCUT2D eigenvalue weighted by Crippen LogP contribution is 2.19. The van der Waals surface area contributed by atoms with Gasteiger partial charge in [-0.05, 0) is 41.8 Å². The Bertz CT molecular complexity index is 1270. The van der Waals surface area contributed by atoms with Gasteiger partial charge in [-0.25, -0.2) is 8.42 Å². The quantitative estimate of drug-likeness (QED) is 0.373. The summed E-state index contributed by atoms with van der Waals surface area (Å²) >= 11 is 5.90. The molecule has 9 heteroatoms. The third-order valence-electron chi connectivity index (χ3n) is 5.90. The minimum absolute atomic E-state index is 0.0309. The molecule has 1 N–H and O–H groups in total.